The van der Waals surface area contributed by atoms with E-state index in [1.807, 2.05) is 70.6 Å². The highest BCUT2D eigenvalue weighted by molar-refractivity contribution is 7.82. The summed E-state index contributed by atoms with van der Waals surface area (Å²) < 4.78 is 0. The molecule has 3 rings (SSSR count). The first-order valence-electron chi connectivity index (χ1n) is 5.94. The van der Waals surface area contributed by atoms with Crippen molar-refractivity contribution in [3.05, 3.63) is 60.7 Å². The SMILES string of the molecule is S=C1NN(c2ccccc2)C(S)N1c1ccccc1. The van der Waals surface area contributed by atoms with E-state index in [1.54, 1.807) is 0 Å². The van der Waals surface area contributed by atoms with Gasteiger partial charge in [0.1, 0.15) is 0 Å². The van der Waals surface area contributed by atoms with Gasteiger partial charge in [-0.1, -0.05) is 36.4 Å². The molecule has 1 atom stereocenters. The largest absolute Gasteiger partial charge is 0.286 e. The summed E-state index contributed by atoms with van der Waals surface area (Å²) in [5.74, 6) is 0. The van der Waals surface area contributed by atoms with Crippen LogP contribution in [0, 0.1) is 0 Å². The number of anilines is 2. The van der Waals surface area contributed by atoms with E-state index in [0.29, 0.717) is 5.11 Å². The second kappa shape index (κ2) is 5.11. The zero-order chi connectivity index (χ0) is 13.2. The van der Waals surface area contributed by atoms with Crippen LogP contribution in [0.2, 0.25) is 0 Å². The van der Waals surface area contributed by atoms with Gasteiger partial charge >= 0.3 is 0 Å². The van der Waals surface area contributed by atoms with Crippen LogP contribution in [0.25, 0.3) is 0 Å². The summed E-state index contributed by atoms with van der Waals surface area (Å²) in [7, 11) is 0. The number of para-hydroxylation sites is 2. The lowest BCUT2D eigenvalue weighted by Gasteiger charge is -2.25. The van der Waals surface area contributed by atoms with Crippen molar-refractivity contribution in [2.24, 2.45) is 0 Å². The van der Waals surface area contributed by atoms with Gasteiger partial charge in [0, 0.05) is 5.69 Å². The first kappa shape index (κ1) is 12.3. The number of nitrogens with zero attached hydrogens (tertiary/aromatic N) is 2. The standard InChI is InChI=1S/C14H13N3S2/c18-13-15-17(12-9-5-2-6-10-12)14(19)16(13)11-7-3-1-4-8-11/h1-10,14,19H,(H,15,18). The van der Waals surface area contributed by atoms with Crippen molar-refractivity contribution in [3.8, 4) is 0 Å². The number of hydrazine groups is 1. The molecule has 1 N–H and O–H groups in total. The monoisotopic (exact) mass is 287 g/mol. The Bertz CT molecular complexity index is 574. The molecule has 0 spiro atoms. The number of hydrogen-bond donors (Lipinski definition) is 2. The van der Waals surface area contributed by atoms with Crippen LogP contribution in [0.15, 0.2) is 60.7 Å². The molecular formula is C14H13N3S2. The highest BCUT2D eigenvalue weighted by atomic mass is 32.1. The Morgan fingerprint density at radius 1 is 0.895 bits per heavy atom. The molecule has 5 heteroatoms. The Kier molecular flexibility index (Phi) is 3.31. The molecule has 1 aliphatic heterocycles. The van der Waals surface area contributed by atoms with Crippen molar-refractivity contribution >= 4 is 41.3 Å². The second-order valence-electron chi connectivity index (χ2n) is 4.17. The lowest BCUT2D eigenvalue weighted by atomic mass is 10.3. The van der Waals surface area contributed by atoms with Crippen LogP contribution in [-0.2, 0) is 0 Å². The first-order valence-corrected chi connectivity index (χ1v) is 6.87. The van der Waals surface area contributed by atoms with Gasteiger partial charge in [-0.05, 0) is 36.5 Å². The average Bonchev–Trinajstić information content (AvgIpc) is 2.76. The minimum absolute atomic E-state index is 0.169. The number of nitrogens with one attached hydrogen (secondary N) is 1. The number of benzene rings is 2. The zero-order valence-corrected chi connectivity index (χ0v) is 11.8. The fourth-order valence-electron chi connectivity index (χ4n) is 2.06. The molecule has 1 aliphatic rings. The summed E-state index contributed by atoms with van der Waals surface area (Å²) >= 11 is 10.1. The van der Waals surface area contributed by atoms with E-state index < -0.39 is 0 Å². The zero-order valence-electron chi connectivity index (χ0n) is 10.1. The van der Waals surface area contributed by atoms with Crippen LogP contribution < -0.4 is 15.3 Å². The number of rotatable bonds is 2. The molecule has 0 aromatic heterocycles. The molecular weight excluding hydrogens is 274 g/mol. The third-order valence-electron chi connectivity index (χ3n) is 2.97. The van der Waals surface area contributed by atoms with Crippen molar-refractivity contribution in [2.45, 2.75) is 5.50 Å². The third kappa shape index (κ3) is 2.27. The Hall–Kier alpha value is -1.72. The predicted molar refractivity (Wildman–Crippen MR) is 86.3 cm³/mol. The van der Waals surface area contributed by atoms with Crippen LogP contribution in [0.1, 0.15) is 0 Å². The summed E-state index contributed by atoms with van der Waals surface area (Å²) in [5.41, 5.74) is 5.07. The molecule has 2 aromatic rings. The fourth-order valence-corrected chi connectivity index (χ4v) is 2.88. The molecule has 1 saturated heterocycles. The summed E-state index contributed by atoms with van der Waals surface area (Å²) in [6.45, 7) is 0. The second-order valence-corrected chi connectivity index (χ2v) is 5.02. The molecule has 0 radical (unpaired) electrons. The Morgan fingerprint density at radius 2 is 1.42 bits per heavy atom. The molecule has 1 heterocycles. The molecule has 3 nitrogen and oxygen atoms in total. The molecule has 96 valence electrons. The van der Waals surface area contributed by atoms with E-state index in [4.69, 9.17) is 12.2 Å². The summed E-state index contributed by atoms with van der Waals surface area (Å²) in [4.78, 5) is 1.98. The molecule has 0 aliphatic carbocycles. The smallest absolute Gasteiger partial charge is 0.195 e. The van der Waals surface area contributed by atoms with Crippen LogP contribution >= 0.6 is 24.8 Å². The Labute approximate surface area is 123 Å². The lowest BCUT2D eigenvalue weighted by molar-refractivity contribution is 0.818. The van der Waals surface area contributed by atoms with Crippen molar-refractivity contribution in [2.75, 3.05) is 9.91 Å². The maximum Gasteiger partial charge on any atom is 0.195 e. The highest BCUT2D eigenvalue weighted by Crippen LogP contribution is 2.28. The van der Waals surface area contributed by atoms with Gasteiger partial charge in [0.05, 0.1) is 5.69 Å². The Balaban J connectivity index is 1.92. The number of hydrogen-bond acceptors (Lipinski definition) is 3. The highest BCUT2D eigenvalue weighted by Gasteiger charge is 2.33. The normalized spacial score (nSPS) is 18.6. The van der Waals surface area contributed by atoms with E-state index in [1.165, 1.54) is 0 Å². The maximum atomic E-state index is 5.40. The predicted octanol–water partition coefficient (Wildman–Crippen LogP) is 3.02. The van der Waals surface area contributed by atoms with Gasteiger partial charge in [-0.2, -0.15) is 0 Å². The minimum Gasteiger partial charge on any atom is -0.286 e. The molecule has 0 amide bonds. The third-order valence-corrected chi connectivity index (χ3v) is 3.72. The number of thiocarbonyl (C=S) groups is 1. The van der Waals surface area contributed by atoms with E-state index in [-0.39, 0.29) is 5.50 Å². The van der Waals surface area contributed by atoms with Crippen molar-refractivity contribution in [3.63, 3.8) is 0 Å². The number of thiol groups is 1. The summed E-state index contributed by atoms with van der Waals surface area (Å²) in [6.07, 6.45) is 0. The molecule has 0 bridgehead atoms. The molecule has 0 saturated carbocycles. The van der Waals surface area contributed by atoms with Crippen molar-refractivity contribution in [1.29, 1.82) is 0 Å². The molecule has 19 heavy (non-hydrogen) atoms. The van der Waals surface area contributed by atoms with Gasteiger partial charge in [-0.25, -0.2) is 0 Å². The van der Waals surface area contributed by atoms with Crippen LogP contribution in [0.4, 0.5) is 11.4 Å². The summed E-state index contributed by atoms with van der Waals surface area (Å²) in [5, 5.41) is 2.59. The Morgan fingerprint density at radius 3 is 2.00 bits per heavy atom. The maximum absolute atomic E-state index is 5.40. The van der Waals surface area contributed by atoms with Gasteiger partial charge in [0.2, 0.25) is 0 Å². The van der Waals surface area contributed by atoms with Crippen molar-refractivity contribution < 1.29 is 0 Å². The van der Waals surface area contributed by atoms with Crippen LogP contribution in [0.5, 0.6) is 0 Å². The van der Waals surface area contributed by atoms with Gasteiger partial charge in [-0.15, -0.1) is 12.6 Å². The van der Waals surface area contributed by atoms with Gasteiger partial charge in [0.15, 0.2) is 10.6 Å². The van der Waals surface area contributed by atoms with Crippen molar-refractivity contribution in [1.82, 2.24) is 5.43 Å². The lowest BCUT2D eigenvalue weighted by Crippen LogP contribution is -2.37. The average molecular weight is 287 g/mol. The molecule has 1 unspecified atom stereocenters. The minimum atomic E-state index is -0.169. The van der Waals surface area contributed by atoms with E-state index in [9.17, 15) is 0 Å². The van der Waals surface area contributed by atoms with Crippen LogP contribution in [0.3, 0.4) is 0 Å². The fraction of sp³-hybridized carbons (Fsp3) is 0.0714. The molecule has 1 fully saturated rings. The van der Waals surface area contributed by atoms with Gasteiger partial charge in [-0.3, -0.25) is 15.3 Å². The van der Waals surface area contributed by atoms with E-state index in [0.717, 1.165) is 11.4 Å². The van der Waals surface area contributed by atoms with E-state index >= 15 is 0 Å². The quantitative estimate of drug-likeness (QED) is 0.653. The first-order chi connectivity index (χ1) is 9.27. The van der Waals surface area contributed by atoms with E-state index in [2.05, 4.69) is 18.1 Å². The topological polar surface area (TPSA) is 18.5 Å². The molecule has 2 aromatic carbocycles. The van der Waals surface area contributed by atoms with Gasteiger partial charge < -0.3 is 0 Å². The van der Waals surface area contributed by atoms with Crippen LogP contribution in [-0.4, -0.2) is 10.6 Å². The van der Waals surface area contributed by atoms with Gasteiger partial charge in [0.25, 0.3) is 0 Å². The summed E-state index contributed by atoms with van der Waals surface area (Å²) in [6, 6.07) is 20.0.